The zero-order valence-electron chi connectivity index (χ0n) is 31.3. The van der Waals surface area contributed by atoms with Gasteiger partial charge in [-0.1, -0.05) is 152 Å². The summed E-state index contributed by atoms with van der Waals surface area (Å²) in [6, 6.07) is 51.2. The SMILES string of the molecule is [2H]c1c([2H])c([2H])c(-c2ccc3cc4oc5ccc(-c6c7ccccc7c(-c7ccc(-c8ccccc8)cc7)c7ccccc67)cc5c4cc3c2)c([2H])c1[2H]. The fraction of sp³-hybridized carbons (Fsp3) is 0. The molecule has 0 fully saturated rings. The summed E-state index contributed by atoms with van der Waals surface area (Å²) in [5.41, 5.74) is 9.29. The minimum absolute atomic E-state index is 0.191. The first-order valence-corrected chi connectivity index (χ1v) is 16.4. The minimum atomic E-state index is -0.399. The summed E-state index contributed by atoms with van der Waals surface area (Å²) in [6.07, 6.45) is 0. The molecule has 10 rings (SSSR count). The summed E-state index contributed by atoms with van der Waals surface area (Å²) < 4.78 is 47.9. The molecule has 0 saturated carbocycles. The first kappa shape index (κ1) is 23.0. The van der Waals surface area contributed by atoms with Gasteiger partial charge in [-0.25, -0.2) is 0 Å². The summed E-state index contributed by atoms with van der Waals surface area (Å²) in [5.74, 6) is 0. The van der Waals surface area contributed by atoms with E-state index in [0.717, 1.165) is 43.8 Å². The van der Waals surface area contributed by atoms with E-state index in [4.69, 9.17) is 11.3 Å². The first-order chi connectivity index (χ1) is 26.4. The second-order valence-electron chi connectivity index (χ2n) is 12.5. The number of benzene rings is 9. The zero-order chi connectivity index (χ0) is 36.7. The van der Waals surface area contributed by atoms with E-state index in [-0.39, 0.29) is 29.7 Å². The van der Waals surface area contributed by atoms with Gasteiger partial charge in [0.1, 0.15) is 11.2 Å². The van der Waals surface area contributed by atoms with E-state index < -0.39 is 6.04 Å². The van der Waals surface area contributed by atoms with Crippen molar-refractivity contribution in [1.82, 2.24) is 0 Å². The van der Waals surface area contributed by atoms with Gasteiger partial charge < -0.3 is 4.42 Å². The fourth-order valence-electron chi connectivity index (χ4n) is 7.44. The Hall–Kier alpha value is -6.44. The third kappa shape index (κ3) is 4.55. The van der Waals surface area contributed by atoms with Crippen LogP contribution in [0.25, 0.3) is 98.8 Å². The monoisotopic (exact) mass is 627 g/mol. The maximum atomic E-state index is 8.53. The highest BCUT2D eigenvalue weighted by molar-refractivity contribution is 6.22. The van der Waals surface area contributed by atoms with Crippen LogP contribution < -0.4 is 0 Å². The van der Waals surface area contributed by atoms with Crippen molar-refractivity contribution in [3.8, 4) is 44.5 Å². The van der Waals surface area contributed by atoms with Crippen LogP contribution in [-0.4, -0.2) is 0 Å². The van der Waals surface area contributed by atoms with E-state index in [0.29, 0.717) is 5.56 Å². The van der Waals surface area contributed by atoms with E-state index in [2.05, 4.69) is 115 Å². The molecule has 10 aromatic rings. The molecule has 1 heterocycles. The molecular weight excluding hydrogens is 593 g/mol. The molecule has 0 atom stereocenters. The van der Waals surface area contributed by atoms with E-state index in [1.54, 1.807) is 6.07 Å². The third-order valence-corrected chi connectivity index (χ3v) is 9.72. The lowest BCUT2D eigenvalue weighted by molar-refractivity contribution is 0.669. The Morgan fingerprint density at radius 1 is 0.327 bits per heavy atom. The Balaban J connectivity index is 1.16. The Morgan fingerprint density at radius 2 is 0.878 bits per heavy atom. The molecule has 9 aromatic carbocycles. The zero-order valence-corrected chi connectivity index (χ0v) is 26.3. The Morgan fingerprint density at radius 3 is 1.57 bits per heavy atom. The summed E-state index contributed by atoms with van der Waals surface area (Å²) in [7, 11) is 0. The lowest BCUT2D eigenvalue weighted by Crippen LogP contribution is -1.91. The highest BCUT2D eigenvalue weighted by Gasteiger charge is 2.18. The second-order valence-corrected chi connectivity index (χ2v) is 12.5. The fourth-order valence-corrected chi connectivity index (χ4v) is 7.44. The third-order valence-electron chi connectivity index (χ3n) is 9.72. The van der Waals surface area contributed by atoms with Crippen molar-refractivity contribution in [2.45, 2.75) is 0 Å². The van der Waals surface area contributed by atoms with Gasteiger partial charge in [-0.3, -0.25) is 0 Å². The van der Waals surface area contributed by atoms with Crippen LogP contribution >= 0.6 is 0 Å². The molecule has 0 radical (unpaired) electrons. The molecule has 0 spiro atoms. The second kappa shape index (κ2) is 11.1. The maximum Gasteiger partial charge on any atom is 0.136 e. The molecule has 228 valence electrons. The van der Waals surface area contributed by atoms with Crippen LogP contribution in [0.2, 0.25) is 0 Å². The molecule has 1 nitrogen and oxygen atoms in total. The van der Waals surface area contributed by atoms with Crippen molar-refractivity contribution in [2.24, 2.45) is 0 Å². The van der Waals surface area contributed by atoms with Gasteiger partial charge >= 0.3 is 0 Å². The normalized spacial score (nSPS) is 13.1. The van der Waals surface area contributed by atoms with Crippen molar-refractivity contribution in [3.63, 3.8) is 0 Å². The number of hydrogen-bond acceptors (Lipinski definition) is 1. The topological polar surface area (TPSA) is 13.1 Å². The van der Waals surface area contributed by atoms with Crippen LogP contribution in [-0.2, 0) is 0 Å². The average Bonchev–Trinajstić information content (AvgIpc) is 3.57. The van der Waals surface area contributed by atoms with E-state index in [1.165, 1.54) is 43.8 Å². The van der Waals surface area contributed by atoms with Crippen LogP contribution in [0.1, 0.15) is 6.85 Å². The number of fused-ring (bicyclic) bond motifs is 6. The Kier molecular flexibility index (Phi) is 5.20. The van der Waals surface area contributed by atoms with Crippen molar-refractivity contribution >= 4 is 54.3 Å². The van der Waals surface area contributed by atoms with Crippen LogP contribution in [0.5, 0.6) is 0 Å². The molecule has 1 aromatic heterocycles. The van der Waals surface area contributed by atoms with Crippen LogP contribution in [0, 0.1) is 0 Å². The van der Waals surface area contributed by atoms with Crippen molar-refractivity contribution in [1.29, 1.82) is 0 Å². The largest absolute Gasteiger partial charge is 0.456 e. The van der Waals surface area contributed by atoms with E-state index >= 15 is 0 Å². The summed E-state index contributed by atoms with van der Waals surface area (Å²) in [4.78, 5) is 0. The van der Waals surface area contributed by atoms with Gasteiger partial charge in [0.05, 0.1) is 6.85 Å². The summed E-state index contributed by atoms with van der Waals surface area (Å²) in [5, 5.41) is 8.44. The predicted octanol–water partition coefficient (Wildman–Crippen LogP) is 13.7. The van der Waals surface area contributed by atoms with Gasteiger partial charge in [-0.15, -0.1) is 0 Å². The molecule has 0 amide bonds. The van der Waals surface area contributed by atoms with E-state index in [9.17, 15) is 0 Å². The maximum absolute atomic E-state index is 8.53. The standard InChI is InChI=1S/C48H30O/c1-3-11-31(12-4-1)33-19-21-34(22-20-33)47-39-15-7-9-17-41(39)48(42-18-10-8-16-40(42)47)37-25-26-45-43(28-37)44-29-38-27-35(32-13-5-2-6-14-32)23-24-36(38)30-46(44)49-45/h1-30H/i2D,5D,6D,13D,14D. The molecule has 0 aliphatic carbocycles. The van der Waals surface area contributed by atoms with Crippen molar-refractivity contribution in [3.05, 3.63) is 182 Å². The van der Waals surface area contributed by atoms with Gasteiger partial charge in [0.2, 0.25) is 0 Å². The highest BCUT2D eigenvalue weighted by Crippen LogP contribution is 2.45. The molecule has 49 heavy (non-hydrogen) atoms. The molecule has 0 bridgehead atoms. The Bertz CT molecular complexity index is 3060. The van der Waals surface area contributed by atoms with Crippen LogP contribution in [0.15, 0.2) is 186 Å². The number of rotatable bonds is 4. The molecule has 0 N–H and O–H groups in total. The molecule has 1 heteroatoms. The van der Waals surface area contributed by atoms with Crippen molar-refractivity contribution < 1.29 is 11.3 Å². The predicted molar refractivity (Wildman–Crippen MR) is 208 cm³/mol. The molecule has 0 aliphatic heterocycles. The molecular formula is C48H30O. The lowest BCUT2D eigenvalue weighted by atomic mass is 9.85. The van der Waals surface area contributed by atoms with Crippen LogP contribution in [0.4, 0.5) is 0 Å². The summed E-state index contributed by atoms with van der Waals surface area (Å²) in [6.45, 7) is 0. The van der Waals surface area contributed by atoms with Crippen LogP contribution in [0.3, 0.4) is 0 Å². The van der Waals surface area contributed by atoms with Gasteiger partial charge in [0.15, 0.2) is 0 Å². The average molecular weight is 628 g/mol. The van der Waals surface area contributed by atoms with Gasteiger partial charge in [0.25, 0.3) is 0 Å². The summed E-state index contributed by atoms with van der Waals surface area (Å²) >= 11 is 0. The molecule has 0 saturated heterocycles. The number of hydrogen-bond donors (Lipinski definition) is 0. The highest BCUT2D eigenvalue weighted by atomic mass is 16.3. The molecule has 0 unspecified atom stereocenters. The molecule has 0 aliphatic rings. The van der Waals surface area contributed by atoms with E-state index in [1.807, 2.05) is 30.3 Å². The smallest absolute Gasteiger partial charge is 0.136 e. The number of furan rings is 1. The quantitative estimate of drug-likeness (QED) is 0.177. The Labute approximate surface area is 291 Å². The van der Waals surface area contributed by atoms with Crippen molar-refractivity contribution in [2.75, 3.05) is 0 Å². The van der Waals surface area contributed by atoms with Gasteiger partial charge in [-0.2, -0.15) is 0 Å². The minimum Gasteiger partial charge on any atom is -0.456 e. The lowest BCUT2D eigenvalue weighted by Gasteiger charge is -2.18. The van der Waals surface area contributed by atoms with Gasteiger partial charge in [-0.05, 0) is 107 Å². The first-order valence-electron chi connectivity index (χ1n) is 18.9. The van der Waals surface area contributed by atoms with Gasteiger partial charge in [0, 0.05) is 10.8 Å².